The van der Waals surface area contributed by atoms with Crippen molar-refractivity contribution >= 4 is 17.6 Å². The van der Waals surface area contributed by atoms with E-state index in [4.69, 9.17) is 0 Å². The molecule has 0 fully saturated rings. The monoisotopic (exact) mass is 225 g/mol. The molecule has 1 aromatic rings. The Bertz CT molecular complexity index is 326. The number of anilines is 1. The fourth-order valence-electron chi connectivity index (χ4n) is 1.54. The summed E-state index contributed by atoms with van der Waals surface area (Å²) in [6.07, 6.45) is 0.975. The zero-order valence-corrected chi connectivity index (χ0v) is 10.7. The van der Waals surface area contributed by atoms with Crippen molar-refractivity contribution in [1.82, 2.24) is 9.97 Å². The topological polar surface area (TPSA) is 37.8 Å². The second-order valence-corrected chi connectivity index (χ2v) is 4.57. The van der Waals surface area contributed by atoms with Crippen molar-refractivity contribution < 1.29 is 0 Å². The minimum absolute atomic E-state index is 0.899. The highest BCUT2D eigenvalue weighted by Gasteiger charge is 2.08. The highest BCUT2D eigenvalue weighted by atomic mass is 32.2. The Balaban J connectivity index is 2.97. The van der Waals surface area contributed by atoms with E-state index in [-0.39, 0.29) is 0 Å². The van der Waals surface area contributed by atoms with Crippen LogP contribution in [0.3, 0.4) is 0 Å². The van der Waals surface area contributed by atoms with Crippen LogP contribution in [0.4, 0.5) is 5.82 Å². The van der Waals surface area contributed by atoms with Crippen molar-refractivity contribution in [1.29, 1.82) is 0 Å². The molecule has 1 aromatic heterocycles. The Morgan fingerprint density at radius 1 is 1.27 bits per heavy atom. The molecule has 0 radical (unpaired) electrons. The van der Waals surface area contributed by atoms with Gasteiger partial charge in [-0.3, -0.25) is 0 Å². The molecule has 0 saturated heterocycles. The second-order valence-electron chi connectivity index (χ2n) is 3.29. The van der Waals surface area contributed by atoms with E-state index in [2.05, 4.69) is 36.1 Å². The summed E-state index contributed by atoms with van der Waals surface area (Å²) < 4.78 is 0. The van der Waals surface area contributed by atoms with Crippen LogP contribution in [0.15, 0.2) is 0 Å². The molecule has 0 saturated carbocycles. The average Bonchev–Trinajstić information content (AvgIpc) is 2.25. The van der Waals surface area contributed by atoms with Crippen molar-refractivity contribution in [3.8, 4) is 0 Å². The maximum atomic E-state index is 4.52. The molecule has 0 aliphatic carbocycles. The lowest BCUT2D eigenvalue weighted by molar-refractivity contribution is 0.941. The predicted molar refractivity (Wildman–Crippen MR) is 67.5 cm³/mol. The normalized spacial score (nSPS) is 10.4. The number of aromatic nitrogens is 2. The zero-order valence-electron chi connectivity index (χ0n) is 9.92. The lowest BCUT2D eigenvalue weighted by Gasteiger charge is -2.11. The lowest BCUT2D eigenvalue weighted by atomic mass is 10.1. The molecule has 0 unspecified atom stereocenters. The van der Waals surface area contributed by atoms with E-state index in [0.29, 0.717) is 0 Å². The lowest BCUT2D eigenvalue weighted by Crippen LogP contribution is -2.06. The fourth-order valence-corrected chi connectivity index (χ4v) is 2.06. The van der Waals surface area contributed by atoms with Crippen LogP contribution in [0.2, 0.25) is 0 Å². The van der Waals surface area contributed by atoms with Crippen molar-refractivity contribution in [3.63, 3.8) is 0 Å². The van der Waals surface area contributed by atoms with E-state index in [0.717, 1.165) is 35.3 Å². The minimum atomic E-state index is 0.899. The third-order valence-electron chi connectivity index (χ3n) is 2.29. The molecule has 0 amide bonds. The molecular formula is C11H19N3S. The van der Waals surface area contributed by atoms with Gasteiger partial charge in [0.2, 0.25) is 0 Å². The quantitative estimate of drug-likeness (QED) is 0.836. The van der Waals surface area contributed by atoms with Crippen LogP contribution in [0.25, 0.3) is 0 Å². The summed E-state index contributed by atoms with van der Waals surface area (Å²) in [7, 11) is 1.91. The second kappa shape index (κ2) is 5.95. The van der Waals surface area contributed by atoms with Gasteiger partial charge in [0, 0.05) is 18.3 Å². The molecule has 0 aliphatic rings. The van der Waals surface area contributed by atoms with E-state index in [1.165, 1.54) is 5.56 Å². The van der Waals surface area contributed by atoms with Gasteiger partial charge in [-0.2, -0.15) is 11.8 Å². The number of nitrogens with one attached hydrogen (secondary N) is 1. The number of hydrogen-bond acceptors (Lipinski definition) is 4. The summed E-state index contributed by atoms with van der Waals surface area (Å²) in [5.41, 5.74) is 2.33. The van der Waals surface area contributed by atoms with E-state index in [9.17, 15) is 0 Å². The molecule has 0 atom stereocenters. The van der Waals surface area contributed by atoms with Crippen molar-refractivity contribution in [2.75, 3.05) is 18.1 Å². The minimum Gasteiger partial charge on any atom is -0.373 e. The molecule has 0 bridgehead atoms. The Kier molecular flexibility index (Phi) is 4.88. The Morgan fingerprint density at radius 2 is 2.00 bits per heavy atom. The predicted octanol–water partition coefficient (Wildman–Crippen LogP) is 2.64. The standard InChI is InChI=1S/C11H19N3S/c1-5-9-8(3)13-10(7-15-6-2)14-11(9)12-4/h5-7H2,1-4H3,(H,12,13,14). The van der Waals surface area contributed by atoms with Crippen LogP contribution in [0.1, 0.15) is 30.9 Å². The molecule has 15 heavy (non-hydrogen) atoms. The smallest absolute Gasteiger partial charge is 0.140 e. The summed E-state index contributed by atoms with van der Waals surface area (Å²) >= 11 is 1.85. The Labute approximate surface area is 96.1 Å². The van der Waals surface area contributed by atoms with Gasteiger partial charge in [0.15, 0.2) is 0 Å². The van der Waals surface area contributed by atoms with Gasteiger partial charge < -0.3 is 5.32 Å². The third kappa shape index (κ3) is 3.09. The van der Waals surface area contributed by atoms with Crippen molar-refractivity contribution in [2.45, 2.75) is 32.9 Å². The average molecular weight is 225 g/mol. The van der Waals surface area contributed by atoms with Gasteiger partial charge >= 0.3 is 0 Å². The van der Waals surface area contributed by atoms with Crippen LogP contribution in [-0.2, 0) is 12.2 Å². The van der Waals surface area contributed by atoms with Crippen LogP contribution in [-0.4, -0.2) is 22.8 Å². The molecule has 1 N–H and O–H groups in total. The number of nitrogens with zero attached hydrogens (tertiary/aromatic N) is 2. The third-order valence-corrected chi connectivity index (χ3v) is 3.16. The number of aryl methyl sites for hydroxylation is 1. The van der Waals surface area contributed by atoms with Gasteiger partial charge in [0.05, 0.1) is 5.75 Å². The zero-order chi connectivity index (χ0) is 11.3. The van der Waals surface area contributed by atoms with Crippen LogP contribution in [0.5, 0.6) is 0 Å². The number of rotatable bonds is 5. The van der Waals surface area contributed by atoms with E-state index >= 15 is 0 Å². The molecule has 1 heterocycles. The molecule has 3 nitrogen and oxygen atoms in total. The molecule has 1 rings (SSSR count). The van der Waals surface area contributed by atoms with Crippen LogP contribution >= 0.6 is 11.8 Å². The van der Waals surface area contributed by atoms with Crippen LogP contribution < -0.4 is 5.32 Å². The van der Waals surface area contributed by atoms with Crippen LogP contribution in [0, 0.1) is 6.92 Å². The summed E-state index contributed by atoms with van der Waals surface area (Å²) in [4.78, 5) is 9.04. The number of hydrogen-bond donors (Lipinski definition) is 1. The highest BCUT2D eigenvalue weighted by Crippen LogP contribution is 2.18. The molecule has 4 heteroatoms. The van der Waals surface area contributed by atoms with E-state index in [1.807, 2.05) is 18.8 Å². The molecule has 0 spiro atoms. The van der Waals surface area contributed by atoms with Gasteiger partial charge in [-0.1, -0.05) is 13.8 Å². The van der Waals surface area contributed by atoms with Crippen molar-refractivity contribution in [2.24, 2.45) is 0 Å². The van der Waals surface area contributed by atoms with Crippen molar-refractivity contribution in [3.05, 3.63) is 17.1 Å². The van der Waals surface area contributed by atoms with Gasteiger partial charge in [0.1, 0.15) is 11.6 Å². The van der Waals surface area contributed by atoms with Gasteiger partial charge in [-0.05, 0) is 19.1 Å². The molecular weight excluding hydrogens is 206 g/mol. The molecule has 0 aromatic carbocycles. The summed E-state index contributed by atoms with van der Waals surface area (Å²) in [5.74, 6) is 3.92. The van der Waals surface area contributed by atoms with E-state index in [1.54, 1.807) is 0 Å². The summed E-state index contributed by atoms with van der Waals surface area (Å²) in [6, 6.07) is 0. The van der Waals surface area contributed by atoms with Gasteiger partial charge in [-0.15, -0.1) is 0 Å². The first kappa shape index (κ1) is 12.3. The molecule has 84 valence electrons. The Hall–Kier alpha value is -0.770. The van der Waals surface area contributed by atoms with Gasteiger partial charge in [0.25, 0.3) is 0 Å². The fraction of sp³-hybridized carbons (Fsp3) is 0.636. The van der Waals surface area contributed by atoms with Gasteiger partial charge in [-0.25, -0.2) is 9.97 Å². The largest absolute Gasteiger partial charge is 0.373 e. The highest BCUT2D eigenvalue weighted by molar-refractivity contribution is 7.98. The maximum absolute atomic E-state index is 4.52. The first-order chi connectivity index (χ1) is 7.22. The van der Waals surface area contributed by atoms with E-state index < -0.39 is 0 Å². The number of thioether (sulfide) groups is 1. The summed E-state index contributed by atoms with van der Waals surface area (Å²) in [6.45, 7) is 6.34. The SMILES string of the molecule is CCSCc1nc(C)c(CC)c(NC)n1. The maximum Gasteiger partial charge on any atom is 0.140 e. The molecule has 0 aliphatic heterocycles. The Morgan fingerprint density at radius 3 is 2.53 bits per heavy atom. The summed E-state index contributed by atoms with van der Waals surface area (Å²) in [5, 5.41) is 3.14. The first-order valence-corrected chi connectivity index (χ1v) is 6.50. The first-order valence-electron chi connectivity index (χ1n) is 5.34.